The van der Waals surface area contributed by atoms with Crippen molar-refractivity contribution >= 4 is 106 Å². The Morgan fingerprint density at radius 1 is 0.636 bits per heavy atom. The number of H-pyrrole nitrogens is 1. The van der Waals surface area contributed by atoms with Gasteiger partial charge in [-0.2, -0.15) is 0 Å². The summed E-state index contributed by atoms with van der Waals surface area (Å²) >= 11 is 0. The molecule has 0 radical (unpaired) electrons. The van der Waals surface area contributed by atoms with E-state index in [2.05, 4.69) is 73.4 Å². The van der Waals surface area contributed by atoms with Gasteiger partial charge in [0, 0.05) is 56.6 Å². The third kappa shape index (κ3) is 32.8. The van der Waals surface area contributed by atoms with Crippen LogP contribution >= 0.6 is 0 Å². The Kier molecular flexibility index (Phi) is 39.7. The van der Waals surface area contributed by atoms with Crippen LogP contribution in [0.2, 0.25) is 0 Å². The van der Waals surface area contributed by atoms with E-state index in [1.807, 2.05) is 5.32 Å². The molecule has 610 valence electrons. The molecule has 3 unspecified atom stereocenters. The van der Waals surface area contributed by atoms with Gasteiger partial charge in [-0.3, -0.25) is 81.7 Å². The van der Waals surface area contributed by atoms with Crippen LogP contribution in [-0.2, 0) is 87.9 Å². The number of aliphatic imine (C=N–C) groups is 1. The van der Waals surface area contributed by atoms with Crippen molar-refractivity contribution in [1.29, 1.82) is 0 Å². The average Bonchev–Trinajstić information content (AvgIpc) is 0.894. The van der Waals surface area contributed by atoms with Crippen LogP contribution in [0, 0.1) is 29.4 Å². The third-order valence-electron chi connectivity index (χ3n) is 17.3. The summed E-state index contributed by atoms with van der Waals surface area (Å²) in [5.41, 5.74) is 16.2. The van der Waals surface area contributed by atoms with Gasteiger partial charge in [0.2, 0.25) is 70.9 Å². The number of imidazole rings is 1. The highest BCUT2D eigenvalue weighted by atomic mass is 19.1. The van der Waals surface area contributed by atoms with Gasteiger partial charge in [0.1, 0.15) is 84.1 Å². The number of amides is 12. The van der Waals surface area contributed by atoms with Crippen molar-refractivity contribution in [2.75, 3.05) is 19.7 Å². The Balaban J connectivity index is 2.25. The molecule has 110 heavy (non-hydrogen) atoms. The highest BCUT2D eigenvalue weighted by molar-refractivity contribution is 6.37. The number of aromatic nitrogens is 2. The van der Waals surface area contributed by atoms with Crippen molar-refractivity contribution in [3.63, 3.8) is 0 Å². The van der Waals surface area contributed by atoms with Gasteiger partial charge in [-0.15, -0.1) is 0 Å². The molecule has 41 heteroatoms. The number of rotatable bonds is 39. The smallest absolute Gasteiger partial charge is 0.328 e. The number of nitrogens with two attached hydrogens (primary N) is 3. The second-order valence-corrected chi connectivity index (χ2v) is 27.4. The molecule has 1 saturated heterocycles. The number of carbonyl (C=O) groups is 17. The fraction of sp³-hybridized carbons (Fsp3) is 0.609. The summed E-state index contributed by atoms with van der Waals surface area (Å²) in [4.78, 5) is 245. The van der Waals surface area contributed by atoms with Crippen LogP contribution in [0.4, 0.5) is 8.78 Å². The minimum Gasteiger partial charge on any atom is -0.481 e. The molecule has 1 aromatic heterocycles. The second kappa shape index (κ2) is 46.9. The number of unbranched alkanes of at least 4 members (excludes halogenated alkanes) is 1. The Bertz CT molecular complexity index is 3600. The van der Waals surface area contributed by atoms with E-state index in [0.717, 1.165) is 6.92 Å². The maximum atomic E-state index is 16.3. The monoisotopic (exact) mass is 1560 g/mol. The molecular formula is C69H104F2N18O21. The molecule has 0 aliphatic carbocycles. The second-order valence-electron chi connectivity index (χ2n) is 27.4. The number of nitrogens with one attached hydrogen (secondary N) is 13. The zero-order chi connectivity index (χ0) is 82.6. The van der Waals surface area contributed by atoms with E-state index in [-0.39, 0.29) is 82.5 Å². The maximum Gasteiger partial charge on any atom is 0.328 e. The van der Waals surface area contributed by atoms with Gasteiger partial charge in [-0.05, 0) is 113 Å². The van der Waals surface area contributed by atoms with Gasteiger partial charge in [0.25, 0.3) is 0 Å². The van der Waals surface area contributed by atoms with E-state index in [4.69, 9.17) is 17.2 Å². The molecule has 1 aromatic carbocycles. The number of hydrogen-bond acceptors (Lipinski definition) is 21. The first kappa shape index (κ1) is 93.1. The maximum absolute atomic E-state index is 16.3. The van der Waals surface area contributed by atoms with Crippen molar-refractivity contribution < 1.29 is 111 Å². The van der Waals surface area contributed by atoms with Crippen LogP contribution in [0.1, 0.15) is 168 Å². The molecule has 3 rings (SSSR count). The lowest BCUT2D eigenvalue weighted by molar-refractivity contribution is -0.144. The van der Waals surface area contributed by atoms with Crippen LogP contribution in [0.3, 0.4) is 0 Å². The van der Waals surface area contributed by atoms with Crippen molar-refractivity contribution in [3.05, 3.63) is 53.6 Å². The number of carbonyl (C=O) groups excluding carboxylic acids is 14. The van der Waals surface area contributed by atoms with E-state index in [9.17, 15) is 97.1 Å². The predicted molar refractivity (Wildman–Crippen MR) is 385 cm³/mol. The SMILES string of the molecule is CC[C@H](C)[C@H](NC(=O)[C@H](Cc1cnc[nH]1)NC(=O)[C@H](CCCCN)NC(=O)[C@H](CCC(=O)O)NC(C)=O)C(=O)N[C@H](C(=O)NC1CCC(=O)C(=O)CCCC(C(=O)N[C@@H](CC(=O)O)C(=O)N[C@@H](CO)C(=O)O)NC(=O)[C@H](CC(C)C)NC(=O)[C@H](CC(C)C)NC(=O)C(CCCN=C(N)N)NC1=O)c1cc(F)ccc1F. The molecule has 12 amide bonds. The topological polar surface area (TPSA) is 635 Å². The Labute approximate surface area is 632 Å². The number of hydrogen-bond donors (Lipinski definition) is 20. The molecule has 1 fully saturated rings. The number of carboxylic acid groups (broad SMARTS) is 3. The highest BCUT2D eigenvalue weighted by Gasteiger charge is 2.40. The number of ketones is 2. The molecule has 2 aromatic rings. The van der Waals surface area contributed by atoms with Gasteiger partial charge >= 0.3 is 17.9 Å². The zero-order valence-electron chi connectivity index (χ0n) is 62.3. The molecule has 0 spiro atoms. The number of Topliss-reactive ketones (excluding diaryl/α,β-unsaturated/α-hetero) is 2. The van der Waals surface area contributed by atoms with Gasteiger partial charge in [0.15, 0.2) is 17.5 Å². The average molecular weight is 1560 g/mol. The lowest BCUT2D eigenvalue weighted by Gasteiger charge is -2.30. The molecule has 1 aliphatic heterocycles. The number of carboxylic acids is 3. The van der Waals surface area contributed by atoms with Crippen molar-refractivity contribution in [1.82, 2.24) is 73.8 Å². The summed E-state index contributed by atoms with van der Waals surface area (Å²) in [6.07, 6.45) is -3.78. The van der Waals surface area contributed by atoms with Crippen LogP contribution in [0.25, 0.3) is 0 Å². The fourth-order valence-electron chi connectivity index (χ4n) is 11.3. The largest absolute Gasteiger partial charge is 0.481 e. The Hall–Kier alpha value is -11.1. The van der Waals surface area contributed by atoms with Crippen LogP contribution in [0.15, 0.2) is 35.7 Å². The summed E-state index contributed by atoms with van der Waals surface area (Å²) in [7, 11) is 0. The zero-order valence-corrected chi connectivity index (χ0v) is 62.3. The molecule has 0 bridgehead atoms. The van der Waals surface area contributed by atoms with E-state index >= 15 is 13.6 Å². The summed E-state index contributed by atoms with van der Waals surface area (Å²) in [5.74, 6) is -25.4. The number of aliphatic hydroxyl groups is 1. The number of aliphatic hydroxyl groups excluding tert-OH is 1. The van der Waals surface area contributed by atoms with Gasteiger partial charge in [-0.1, -0.05) is 48.0 Å². The van der Waals surface area contributed by atoms with Crippen molar-refractivity contribution in [2.24, 2.45) is 39.9 Å². The van der Waals surface area contributed by atoms with Crippen molar-refractivity contribution in [3.8, 4) is 0 Å². The fourth-order valence-corrected chi connectivity index (χ4v) is 11.3. The molecule has 13 atom stereocenters. The number of nitrogens with zero attached hydrogens (tertiary/aromatic N) is 2. The Morgan fingerprint density at radius 2 is 1.21 bits per heavy atom. The lowest BCUT2D eigenvalue weighted by atomic mass is 9.96. The number of aliphatic carboxylic acids is 3. The minimum atomic E-state index is -2.39. The molecule has 39 nitrogen and oxygen atoms in total. The van der Waals surface area contributed by atoms with Crippen LogP contribution in [-0.4, -0.2) is 223 Å². The Morgan fingerprint density at radius 3 is 1.76 bits per heavy atom. The molecule has 1 aliphatic rings. The summed E-state index contributed by atoms with van der Waals surface area (Å²) in [5, 5.41) is 66.8. The van der Waals surface area contributed by atoms with Crippen LogP contribution < -0.4 is 81.0 Å². The molecule has 0 saturated carbocycles. The number of halogens is 2. The number of aromatic amines is 1. The van der Waals surface area contributed by atoms with E-state index in [0.29, 0.717) is 24.6 Å². The number of guanidine groups is 1. The normalized spacial score (nSPS) is 19.1. The molecular weight excluding hydrogens is 1450 g/mol. The van der Waals surface area contributed by atoms with Crippen molar-refractivity contribution in [2.45, 2.75) is 230 Å². The van der Waals surface area contributed by atoms with E-state index < -0.39 is 259 Å². The van der Waals surface area contributed by atoms with Gasteiger partial charge in [0.05, 0.1) is 19.4 Å². The molecule has 2 heterocycles. The quantitative estimate of drug-likeness (QED) is 0.0132. The highest BCUT2D eigenvalue weighted by Crippen LogP contribution is 2.23. The molecule has 23 N–H and O–H groups in total. The minimum absolute atomic E-state index is 0.0666. The standard InChI is InChI=1S/C69H104F2N18O21/c1-8-35(6)55(88-65(106)48(28-38-30-75-32-77-38)85-57(98)41(13-9-10-23-72)79-60(101)44(78-36(7)91)20-22-53(94)95)66(107)89-56(39-27-37(70)17-18-40(39)71)67(108)82-45-19-21-52(93)51(92)16-11-14-42(58(99)86-49(29-54(96)97)64(105)87-50(31-90)68(109)110)81-62(103)46(25-33(2)3)84-63(104)47(26-34(4)5)83-59(100)43(80-61(45)102)15-12-24-76-69(73)74/h17-18,27,30,32-35,41-50,55-56,90H,8-16,19-26,28-29,31,72H2,1-7H3,(H,75,77)(H,78,91)(H,79,101)(H,80,102)(H,81,103)(H,82,108)(H,83,100)(H,84,104)(H,85,98)(H,86,99)(H,87,105)(H,88,106)(H,89,107)(H,94,95)(H,96,97)(H,109,110)(H4,73,74,76)/t35-,41-,42?,43?,44-,45?,46-,47-,48-,49-,50-,55-,56-/m0/s1. The third-order valence-corrected chi connectivity index (χ3v) is 17.3. The van der Waals surface area contributed by atoms with Gasteiger partial charge < -0.3 is 106 Å². The summed E-state index contributed by atoms with van der Waals surface area (Å²) in [6.45, 7) is 9.62. The first-order valence-electron chi connectivity index (χ1n) is 35.9. The first-order valence-corrected chi connectivity index (χ1v) is 35.9. The van der Waals surface area contributed by atoms with E-state index in [1.54, 1.807) is 34.6 Å². The predicted octanol–water partition coefficient (Wildman–Crippen LogP) is -3.72. The summed E-state index contributed by atoms with van der Waals surface area (Å²) in [6, 6.07) is -19.7. The lowest BCUT2D eigenvalue weighted by Crippen LogP contribution is -2.61. The van der Waals surface area contributed by atoms with E-state index in [1.165, 1.54) is 19.4 Å². The first-order chi connectivity index (χ1) is 51.8. The number of benzene rings is 1. The van der Waals surface area contributed by atoms with Crippen LogP contribution in [0.5, 0.6) is 0 Å². The van der Waals surface area contributed by atoms with Gasteiger partial charge in [-0.25, -0.2) is 18.6 Å². The summed E-state index contributed by atoms with van der Waals surface area (Å²) < 4.78 is 31.7.